The zero-order valence-corrected chi connectivity index (χ0v) is 15.7. The highest BCUT2D eigenvalue weighted by molar-refractivity contribution is 7.15. The van der Waals surface area contributed by atoms with E-state index < -0.39 is 0 Å². The summed E-state index contributed by atoms with van der Waals surface area (Å²) in [5, 5.41) is 7.94. The summed E-state index contributed by atoms with van der Waals surface area (Å²) >= 11 is 1.70. The van der Waals surface area contributed by atoms with E-state index in [1.165, 1.54) is 17.7 Å². The molecule has 0 radical (unpaired) electrons. The second kappa shape index (κ2) is 7.11. The van der Waals surface area contributed by atoms with Crippen molar-refractivity contribution in [2.75, 3.05) is 30.4 Å². The molecule has 1 fully saturated rings. The quantitative estimate of drug-likeness (QED) is 0.864. The lowest BCUT2D eigenvalue weighted by Crippen LogP contribution is -2.38. The summed E-state index contributed by atoms with van der Waals surface area (Å²) in [4.78, 5) is 12.1. The lowest BCUT2D eigenvalue weighted by molar-refractivity contribution is 0.408. The number of nitrogens with one attached hydrogen (secondary N) is 2. The number of hydrogen-bond acceptors (Lipinski definition) is 7. The molecule has 3 heterocycles. The minimum Gasteiger partial charge on any atom is -0.428 e. The van der Waals surface area contributed by atoms with E-state index in [0.29, 0.717) is 12.1 Å². The summed E-state index contributed by atoms with van der Waals surface area (Å²) in [5.74, 6) is 0.904. The SMILES string of the molecule is CN(Cc1cnc(N[C@@H]2CCCNC2)s1)c1ncc(C(C)(C)C)o1. The largest absolute Gasteiger partial charge is 0.428 e. The van der Waals surface area contributed by atoms with Crippen LogP contribution in [0, 0.1) is 0 Å². The Hall–Kier alpha value is -1.60. The predicted molar refractivity (Wildman–Crippen MR) is 98.9 cm³/mol. The van der Waals surface area contributed by atoms with Gasteiger partial charge in [-0.2, -0.15) is 0 Å². The number of aromatic nitrogens is 2. The number of piperidine rings is 1. The molecule has 0 spiro atoms. The molecule has 6 nitrogen and oxygen atoms in total. The van der Waals surface area contributed by atoms with Crippen LogP contribution in [-0.2, 0) is 12.0 Å². The van der Waals surface area contributed by atoms with Crippen molar-refractivity contribution in [2.45, 2.75) is 51.6 Å². The molecule has 7 heteroatoms. The van der Waals surface area contributed by atoms with Crippen LogP contribution in [-0.4, -0.2) is 36.1 Å². The van der Waals surface area contributed by atoms with E-state index in [4.69, 9.17) is 4.42 Å². The maximum absolute atomic E-state index is 5.89. The van der Waals surface area contributed by atoms with Gasteiger partial charge in [0.25, 0.3) is 6.01 Å². The molecule has 1 aliphatic heterocycles. The van der Waals surface area contributed by atoms with Crippen LogP contribution >= 0.6 is 11.3 Å². The fourth-order valence-electron chi connectivity index (χ4n) is 2.69. The van der Waals surface area contributed by atoms with Crippen LogP contribution in [0.15, 0.2) is 16.8 Å². The fourth-order valence-corrected chi connectivity index (χ4v) is 3.63. The van der Waals surface area contributed by atoms with Gasteiger partial charge in [-0.3, -0.25) is 0 Å². The second-order valence-corrected chi connectivity index (χ2v) is 8.55. The first kappa shape index (κ1) is 17.2. The summed E-state index contributed by atoms with van der Waals surface area (Å²) in [7, 11) is 2.00. The molecule has 0 aromatic carbocycles. The number of oxazole rings is 1. The predicted octanol–water partition coefficient (Wildman–Crippen LogP) is 3.23. The highest BCUT2D eigenvalue weighted by Gasteiger charge is 2.21. The van der Waals surface area contributed by atoms with Crippen molar-refractivity contribution in [2.24, 2.45) is 0 Å². The van der Waals surface area contributed by atoms with E-state index in [2.05, 4.69) is 41.4 Å². The molecule has 2 N–H and O–H groups in total. The van der Waals surface area contributed by atoms with Crippen molar-refractivity contribution >= 4 is 22.5 Å². The number of nitrogens with zero attached hydrogens (tertiary/aromatic N) is 3. The molecule has 24 heavy (non-hydrogen) atoms. The summed E-state index contributed by atoms with van der Waals surface area (Å²) in [6, 6.07) is 1.14. The number of hydrogen-bond donors (Lipinski definition) is 2. The monoisotopic (exact) mass is 349 g/mol. The third-order valence-corrected chi connectivity index (χ3v) is 5.04. The van der Waals surface area contributed by atoms with Crippen molar-refractivity contribution in [3.8, 4) is 0 Å². The molecule has 2 aromatic rings. The Labute approximate surface area is 147 Å². The molecule has 1 saturated heterocycles. The van der Waals surface area contributed by atoms with Gasteiger partial charge in [0.05, 0.1) is 12.7 Å². The van der Waals surface area contributed by atoms with Crippen molar-refractivity contribution in [3.63, 3.8) is 0 Å². The highest BCUT2D eigenvalue weighted by Crippen LogP contribution is 2.27. The highest BCUT2D eigenvalue weighted by atomic mass is 32.1. The van der Waals surface area contributed by atoms with Crippen LogP contribution in [0.25, 0.3) is 0 Å². The normalized spacial score (nSPS) is 18.6. The standard InChI is InChI=1S/C17H27N5OS/c1-17(2,3)14-10-20-16(23-14)22(4)11-13-9-19-15(24-13)21-12-6-5-7-18-8-12/h9-10,12,18H,5-8,11H2,1-4H3,(H,19,21)/t12-/m1/s1. The van der Waals surface area contributed by atoms with Gasteiger partial charge in [-0.25, -0.2) is 9.97 Å². The zero-order valence-electron chi connectivity index (χ0n) is 14.9. The van der Waals surface area contributed by atoms with Gasteiger partial charge in [0.2, 0.25) is 0 Å². The minimum absolute atomic E-state index is 0.0261. The number of rotatable bonds is 5. The fraction of sp³-hybridized carbons (Fsp3) is 0.647. The first-order chi connectivity index (χ1) is 11.4. The van der Waals surface area contributed by atoms with E-state index in [-0.39, 0.29) is 5.41 Å². The first-order valence-corrected chi connectivity index (χ1v) is 9.33. The van der Waals surface area contributed by atoms with Crippen LogP contribution in [0.2, 0.25) is 0 Å². The van der Waals surface area contributed by atoms with Crippen LogP contribution < -0.4 is 15.5 Å². The summed E-state index contributed by atoms with van der Waals surface area (Å²) in [6.07, 6.45) is 6.18. The van der Waals surface area contributed by atoms with E-state index in [0.717, 1.165) is 30.5 Å². The van der Waals surface area contributed by atoms with E-state index in [1.807, 2.05) is 24.3 Å². The summed E-state index contributed by atoms with van der Waals surface area (Å²) in [5.41, 5.74) is -0.0261. The van der Waals surface area contributed by atoms with Gasteiger partial charge in [-0.05, 0) is 19.4 Å². The van der Waals surface area contributed by atoms with Gasteiger partial charge in [0.1, 0.15) is 5.76 Å². The molecular formula is C17H27N5OS. The molecular weight excluding hydrogens is 322 g/mol. The molecule has 0 unspecified atom stereocenters. The van der Waals surface area contributed by atoms with Crippen LogP contribution in [0.1, 0.15) is 44.3 Å². The van der Waals surface area contributed by atoms with Crippen molar-refractivity contribution in [1.29, 1.82) is 0 Å². The molecule has 0 saturated carbocycles. The number of anilines is 2. The third kappa shape index (κ3) is 4.27. The Morgan fingerprint density at radius 1 is 1.38 bits per heavy atom. The van der Waals surface area contributed by atoms with Gasteiger partial charge < -0.3 is 20.0 Å². The Morgan fingerprint density at radius 3 is 2.88 bits per heavy atom. The van der Waals surface area contributed by atoms with E-state index in [1.54, 1.807) is 11.3 Å². The van der Waals surface area contributed by atoms with Gasteiger partial charge in [0.15, 0.2) is 5.13 Å². The van der Waals surface area contributed by atoms with E-state index >= 15 is 0 Å². The molecule has 1 atom stereocenters. The zero-order chi connectivity index (χ0) is 17.2. The van der Waals surface area contributed by atoms with Crippen molar-refractivity contribution in [1.82, 2.24) is 15.3 Å². The Kier molecular flexibility index (Phi) is 5.10. The first-order valence-electron chi connectivity index (χ1n) is 8.51. The Morgan fingerprint density at radius 2 is 2.21 bits per heavy atom. The maximum Gasteiger partial charge on any atom is 0.297 e. The average Bonchev–Trinajstić information content (AvgIpc) is 3.17. The van der Waals surface area contributed by atoms with Crippen LogP contribution in [0.3, 0.4) is 0 Å². The smallest absolute Gasteiger partial charge is 0.297 e. The summed E-state index contributed by atoms with van der Waals surface area (Å²) < 4.78 is 5.89. The molecule has 0 bridgehead atoms. The van der Waals surface area contributed by atoms with Crippen molar-refractivity contribution < 1.29 is 4.42 Å². The molecule has 3 rings (SSSR count). The maximum atomic E-state index is 5.89. The van der Waals surface area contributed by atoms with Gasteiger partial charge in [-0.15, -0.1) is 11.3 Å². The lowest BCUT2D eigenvalue weighted by Gasteiger charge is -2.23. The summed E-state index contributed by atoms with van der Waals surface area (Å²) in [6.45, 7) is 9.25. The topological polar surface area (TPSA) is 66.2 Å². The van der Waals surface area contributed by atoms with Gasteiger partial charge in [-0.1, -0.05) is 20.8 Å². The Balaban J connectivity index is 1.58. The van der Waals surface area contributed by atoms with Gasteiger partial charge in [0, 0.05) is 36.1 Å². The molecule has 2 aromatic heterocycles. The molecule has 0 aliphatic carbocycles. The average molecular weight is 350 g/mol. The molecule has 0 amide bonds. The lowest BCUT2D eigenvalue weighted by atomic mass is 9.94. The van der Waals surface area contributed by atoms with Gasteiger partial charge >= 0.3 is 0 Å². The van der Waals surface area contributed by atoms with Crippen molar-refractivity contribution in [3.05, 3.63) is 23.0 Å². The second-order valence-electron chi connectivity index (χ2n) is 7.43. The van der Waals surface area contributed by atoms with E-state index in [9.17, 15) is 0 Å². The molecule has 132 valence electrons. The minimum atomic E-state index is -0.0261. The third-order valence-electron chi connectivity index (χ3n) is 4.13. The van der Waals surface area contributed by atoms with Crippen LogP contribution in [0.4, 0.5) is 11.1 Å². The Bertz CT molecular complexity index is 654. The molecule has 1 aliphatic rings. The van der Waals surface area contributed by atoms with Crippen LogP contribution in [0.5, 0.6) is 0 Å². The number of thiazole rings is 1.